The molecule has 1 aromatic heterocycles. The molecule has 2 saturated carbocycles. The molecular weight excluding hydrogens is 373 g/mol. The summed E-state index contributed by atoms with van der Waals surface area (Å²) >= 11 is 0. The fourth-order valence-electron chi connectivity index (χ4n) is 6.61. The quantitative estimate of drug-likeness (QED) is 0.600. The number of fused-ring (bicyclic) bond motifs is 1. The average Bonchev–Trinajstić information content (AvgIpc) is 2.93. The van der Waals surface area contributed by atoms with Crippen LogP contribution in [0, 0.1) is 28.5 Å². The summed E-state index contributed by atoms with van der Waals surface area (Å²) in [4.78, 5) is 4.62. The molecule has 3 heteroatoms. The Hall–Kier alpha value is -2.00. The van der Waals surface area contributed by atoms with Crippen molar-refractivity contribution in [3.63, 3.8) is 0 Å². The minimum absolute atomic E-state index is 0.0642. The maximum absolute atomic E-state index is 13.5. The first-order chi connectivity index (χ1) is 14.1. The molecular formula is C27H34FNO. The molecule has 0 saturated heterocycles. The first-order valence-corrected chi connectivity index (χ1v) is 11.3. The molecule has 2 fully saturated rings. The van der Waals surface area contributed by atoms with E-state index in [2.05, 4.69) is 37.9 Å². The summed E-state index contributed by atoms with van der Waals surface area (Å²) in [5, 5.41) is 11.7. The number of pyridine rings is 1. The minimum atomic E-state index is -0.733. The number of aliphatic hydroxyl groups is 1. The highest BCUT2D eigenvalue weighted by Gasteiger charge is 2.64. The van der Waals surface area contributed by atoms with Crippen LogP contribution in [0.4, 0.5) is 4.39 Å². The van der Waals surface area contributed by atoms with E-state index >= 15 is 0 Å². The molecule has 0 bridgehead atoms. The SMILES string of the molecule is CC(C)(C)[C@]1(/C=C/c2ccc(-c3cccc(F)c3)cn2)[C@@H]2CCCC[C@H]2CC1(C)O. The second kappa shape index (κ2) is 7.60. The molecule has 1 aromatic carbocycles. The topological polar surface area (TPSA) is 33.1 Å². The smallest absolute Gasteiger partial charge is 0.123 e. The van der Waals surface area contributed by atoms with E-state index in [0.717, 1.165) is 23.2 Å². The fraction of sp³-hybridized carbons (Fsp3) is 0.519. The predicted octanol–water partition coefficient (Wildman–Crippen LogP) is 6.89. The fourth-order valence-corrected chi connectivity index (χ4v) is 6.61. The van der Waals surface area contributed by atoms with Gasteiger partial charge in [0.1, 0.15) is 5.82 Å². The highest BCUT2D eigenvalue weighted by atomic mass is 19.1. The Balaban J connectivity index is 1.67. The number of aromatic nitrogens is 1. The Kier molecular flexibility index (Phi) is 5.38. The van der Waals surface area contributed by atoms with Crippen molar-refractivity contribution in [2.45, 2.75) is 65.4 Å². The van der Waals surface area contributed by atoms with Crippen molar-refractivity contribution in [1.29, 1.82) is 0 Å². The second-order valence-electron chi connectivity index (χ2n) is 10.6. The van der Waals surface area contributed by atoms with Crippen molar-refractivity contribution >= 4 is 6.08 Å². The lowest BCUT2D eigenvalue weighted by atomic mass is 9.53. The van der Waals surface area contributed by atoms with Crippen molar-refractivity contribution in [3.05, 3.63) is 60.2 Å². The molecule has 2 aliphatic rings. The summed E-state index contributed by atoms with van der Waals surface area (Å²) in [7, 11) is 0. The van der Waals surface area contributed by atoms with Gasteiger partial charge in [0.05, 0.1) is 11.3 Å². The van der Waals surface area contributed by atoms with Crippen LogP contribution in [0.25, 0.3) is 17.2 Å². The monoisotopic (exact) mass is 407 g/mol. The van der Waals surface area contributed by atoms with E-state index in [1.54, 1.807) is 12.3 Å². The highest BCUT2D eigenvalue weighted by Crippen LogP contribution is 2.66. The summed E-state index contributed by atoms with van der Waals surface area (Å²) < 4.78 is 13.5. The zero-order valence-corrected chi connectivity index (χ0v) is 18.7. The van der Waals surface area contributed by atoms with Crippen LogP contribution in [0.5, 0.6) is 0 Å². The maximum atomic E-state index is 13.5. The van der Waals surface area contributed by atoms with Gasteiger partial charge in [-0.3, -0.25) is 4.98 Å². The molecule has 4 rings (SSSR count). The van der Waals surface area contributed by atoms with Crippen molar-refractivity contribution in [2.24, 2.45) is 22.7 Å². The molecule has 160 valence electrons. The number of hydrogen-bond donors (Lipinski definition) is 1. The Bertz CT molecular complexity index is 925. The van der Waals surface area contributed by atoms with E-state index in [4.69, 9.17) is 0 Å². The van der Waals surface area contributed by atoms with Crippen LogP contribution in [-0.2, 0) is 0 Å². The van der Waals surface area contributed by atoms with E-state index in [1.807, 2.05) is 25.1 Å². The lowest BCUT2D eigenvalue weighted by Crippen LogP contribution is -2.52. The van der Waals surface area contributed by atoms with E-state index in [0.29, 0.717) is 11.8 Å². The molecule has 30 heavy (non-hydrogen) atoms. The van der Waals surface area contributed by atoms with E-state index in [1.165, 1.54) is 37.8 Å². The normalized spacial score (nSPS) is 31.8. The van der Waals surface area contributed by atoms with Gasteiger partial charge >= 0.3 is 0 Å². The van der Waals surface area contributed by atoms with E-state index in [9.17, 15) is 9.50 Å². The standard InChI is InChI=1S/C27H34FNO/c1-25(2,3)27(24-11-6-5-8-20(24)17-26(27,4)30)15-14-23-13-12-21(18-29-23)19-9-7-10-22(28)16-19/h7,9-10,12-16,18,20,24,30H,5-6,8,11,17H2,1-4H3/b15-14+/t20-,24+,26?,27-/m0/s1. The molecule has 1 unspecified atom stereocenters. The van der Waals surface area contributed by atoms with Crippen LogP contribution in [0.2, 0.25) is 0 Å². The molecule has 0 radical (unpaired) electrons. The number of rotatable bonds is 3. The lowest BCUT2D eigenvalue weighted by molar-refractivity contribution is -0.0971. The molecule has 0 amide bonds. The third-order valence-electron chi connectivity index (χ3n) is 7.75. The number of hydrogen-bond acceptors (Lipinski definition) is 2. The van der Waals surface area contributed by atoms with E-state index in [-0.39, 0.29) is 16.6 Å². The van der Waals surface area contributed by atoms with Crippen LogP contribution >= 0.6 is 0 Å². The zero-order valence-electron chi connectivity index (χ0n) is 18.7. The van der Waals surface area contributed by atoms with Crippen molar-refractivity contribution in [3.8, 4) is 11.1 Å². The minimum Gasteiger partial charge on any atom is -0.389 e. The van der Waals surface area contributed by atoms with Crippen molar-refractivity contribution in [2.75, 3.05) is 0 Å². The molecule has 2 aromatic rings. The maximum Gasteiger partial charge on any atom is 0.123 e. The molecule has 2 aliphatic carbocycles. The largest absolute Gasteiger partial charge is 0.389 e. The third kappa shape index (κ3) is 3.51. The summed E-state index contributed by atoms with van der Waals surface area (Å²) in [5.74, 6) is 0.860. The predicted molar refractivity (Wildman–Crippen MR) is 121 cm³/mol. The molecule has 0 aliphatic heterocycles. The van der Waals surface area contributed by atoms with Gasteiger partial charge in [0.25, 0.3) is 0 Å². The highest BCUT2D eigenvalue weighted by molar-refractivity contribution is 5.63. The van der Waals surface area contributed by atoms with E-state index < -0.39 is 5.60 Å². The van der Waals surface area contributed by atoms with Gasteiger partial charge in [0, 0.05) is 17.2 Å². The Labute approximate surface area is 180 Å². The molecule has 1 N–H and O–H groups in total. The number of halogens is 1. The Morgan fingerprint density at radius 2 is 1.87 bits per heavy atom. The second-order valence-corrected chi connectivity index (χ2v) is 10.6. The van der Waals surface area contributed by atoms with Gasteiger partial charge in [-0.2, -0.15) is 0 Å². The van der Waals surface area contributed by atoms with Crippen LogP contribution in [0.15, 0.2) is 48.7 Å². The van der Waals surface area contributed by atoms with Crippen LogP contribution in [0.1, 0.15) is 65.5 Å². The van der Waals surface area contributed by atoms with Gasteiger partial charge in [0.15, 0.2) is 0 Å². The molecule has 4 atom stereocenters. The van der Waals surface area contributed by atoms with Crippen molar-refractivity contribution < 1.29 is 9.50 Å². The van der Waals surface area contributed by atoms with Gasteiger partial charge in [-0.25, -0.2) is 4.39 Å². The Morgan fingerprint density at radius 1 is 1.10 bits per heavy atom. The van der Waals surface area contributed by atoms with Gasteiger partial charge in [-0.15, -0.1) is 0 Å². The first kappa shape index (κ1) is 21.2. The van der Waals surface area contributed by atoms with Crippen LogP contribution in [-0.4, -0.2) is 15.7 Å². The summed E-state index contributed by atoms with van der Waals surface area (Å²) in [6.45, 7) is 8.84. The summed E-state index contributed by atoms with van der Waals surface area (Å²) in [6, 6.07) is 10.6. The van der Waals surface area contributed by atoms with Crippen molar-refractivity contribution in [1.82, 2.24) is 4.98 Å². The summed E-state index contributed by atoms with van der Waals surface area (Å²) in [5.41, 5.74) is 1.52. The third-order valence-corrected chi connectivity index (χ3v) is 7.75. The van der Waals surface area contributed by atoms with Gasteiger partial charge in [0.2, 0.25) is 0 Å². The van der Waals surface area contributed by atoms with Gasteiger partial charge in [-0.05, 0) is 66.9 Å². The van der Waals surface area contributed by atoms with Crippen LogP contribution in [0.3, 0.4) is 0 Å². The number of nitrogens with zero attached hydrogens (tertiary/aromatic N) is 1. The van der Waals surface area contributed by atoms with Crippen LogP contribution < -0.4 is 0 Å². The zero-order chi connectivity index (χ0) is 21.6. The van der Waals surface area contributed by atoms with Gasteiger partial charge in [-0.1, -0.05) is 64.3 Å². The summed E-state index contributed by atoms with van der Waals surface area (Å²) in [6.07, 6.45) is 12.0. The van der Waals surface area contributed by atoms with Gasteiger partial charge < -0.3 is 5.11 Å². The average molecular weight is 408 g/mol. The number of benzene rings is 1. The molecule has 0 spiro atoms. The molecule has 1 heterocycles. The first-order valence-electron chi connectivity index (χ1n) is 11.3. The molecule has 2 nitrogen and oxygen atoms in total. The lowest BCUT2D eigenvalue weighted by Gasteiger charge is -2.52. The Morgan fingerprint density at radius 3 is 2.53 bits per heavy atom.